The van der Waals surface area contributed by atoms with Gasteiger partial charge in [0.2, 0.25) is 0 Å². The van der Waals surface area contributed by atoms with Crippen molar-refractivity contribution in [3.8, 4) is 5.69 Å². The minimum atomic E-state index is -0.0780. The van der Waals surface area contributed by atoms with Crippen LogP contribution in [0.15, 0.2) is 12.4 Å². The number of rotatable bonds is 3. The Morgan fingerprint density at radius 1 is 1.44 bits per heavy atom. The molecule has 6 heteroatoms. The van der Waals surface area contributed by atoms with Gasteiger partial charge in [0.15, 0.2) is 0 Å². The average molecular weight is 240 g/mol. The summed E-state index contributed by atoms with van der Waals surface area (Å²) in [6.07, 6.45) is 4.60. The Hall–Kier alpha value is -1.36. The maximum atomic E-state index is 6.10. The van der Waals surface area contributed by atoms with Gasteiger partial charge in [-0.3, -0.25) is 4.68 Å². The van der Waals surface area contributed by atoms with Crippen LogP contribution in [0.2, 0.25) is 0 Å². The molecular formula is C10H14ClN5. The summed E-state index contributed by atoms with van der Waals surface area (Å²) in [5.41, 5.74) is 2.65. The molecule has 0 fully saturated rings. The van der Waals surface area contributed by atoms with Gasteiger partial charge < -0.3 is 0 Å². The standard InChI is InChI=1S/C10H14ClN5/c1-4-8(11)9-5-16(14-12-9)10-6-15(3)13-7(10)2/h5-6,8H,4H2,1-3H3. The highest BCUT2D eigenvalue weighted by atomic mass is 35.5. The van der Waals surface area contributed by atoms with Gasteiger partial charge in [0, 0.05) is 7.05 Å². The average Bonchev–Trinajstić information content (AvgIpc) is 2.83. The van der Waals surface area contributed by atoms with E-state index in [1.807, 2.05) is 33.3 Å². The first-order valence-corrected chi connectivity index (χ1v) is 5.62. The van der Waals surface area contributed by atoms with Gasteiger partial charge in [-0.2, -0.15) is 5.10 Å². The molecular weight excluding hydrogens is 226 g/mol. The van der Waals surface area contributed by atoms with Crippen molar-refractivity contribution in [2.24, 2.45) is 7.05 Å². The molecule has 1 atom stereocenters. The number of aromatic nitrogens is 5. The van der Waals surface area contributed by atoms with Crippen LogP contribution in [0.5, 0.6) is 0 Å². The topological polar surface area (TPSA) is 48.5 Å². The third-order valence-corrected chi connectivity index (χ3v) is 2.96. The number of nitrogens with zero attached hydrogens (tertiary/aromatic N) is 5. The minimum absolute atomic E-state index is 0.0780. The Balaban J connectivity index is 2.35. The summed E-state index contributed by atoms with van der Waals surface area (Å²) in [4.78, 5) is 0. The predicted molar refractivity (Wildman–Crippen MR) is 61.7 cm³/mol. The molecule has 0 spiro atoms. The highest BCUT2D eigenvalue weighted by Crippen LogP contribution is 2.22. The van der Waals surface area contributed by atoms with Gasteiger partial charge in [0.25, 0.3) is 0 Å². The van der Waals surface area contributed by atoms with Crippen LogP contribution in [0.4, 0.5) is 0 Å². The SMILES string of the molecule is CCC(Cl)c1cn(-c2cn(C)nc2C)nn1. The summed E-state index contributed by atoms with van der Waals surface area (Å²) < 4.78 is 3.47. The number of alkyl halides is 1. The van der Waals surface area contributed by atoms with Crippen LogP contribution in [0.25, 0.3) is 5.69 Å². The Morgan fingerprint density at radius 2 is 2.19 bits per heavy atom. The van der Waals surface area contributed by atoms with Crippen LogP contribution in [-0.2, 0) is 7.05 Å². The molecule has 2 aromatic heterocycles. The quantitative estimate of drug-likeness (QED) is 0.770. The van der Waals surface area contributed by atoms with Crippen LogP contribution < -0.4 is 0 Å². The molecule has 0 saturated carbocycles. The first-order chi connectivity index (χ1) is 7.61. The molecule has 0 saturated heterocycles. The van der Waals surface area contributed by atoms with E-state index in [0.717, 1.165) is 23.5 Å². The highest BCUT2D eigenvalue weighted by Gasteiger charge is 2.12. The van der Waals surface area contributed by atoms with E-state index in [1.54, 1.807) is 9.36 Å². The van der Waals surface area contributed by atoms with Gasteiger partial charge >= 0.3 is 0 Å². The maximum Gasteiger partial charge on any atom is 0.107 e. The van der Waals surface area contributed by atoms with E-state index in [1.165, 1.54) is 0 Å². The lowest BCUT2D eigenvalue weighted by Crippen LogP contribution is -1.95. The molecule has 86 valence electrons. The van der Waals surface area contributed by atoms with Crippen LogP contribution in [0, 0.1) is 6.92 Å². The molecule has 16 heavy (non-hydrogen) atoms. The normalized spacial score (nSPS) is 13.0. The van der Waals surface area contributed by atoms with Crippen LogP contribution in [-0.4, -0.2) is 24.8 Å². The van der Waals surface area contributed by atoms with Crippen molar-refractivity contribution in [1.29, 1.82) is 0 Å². The summed E-state index contributed by atoms with van der Waals surface area (Å²) in [5, 5.41) is 12.3. The van der Waals surface area contributed by atoms with E-state index in [-0.39, 0.29) is 5.38 Å². The van der Waals surface area contributed by atoms with Gasteiger partial charge in [0.05, 0.1) is 23.5 Å². The second kappa shape index (κ2) is 4.25. The number of hydrogen-bond acceptors (Lipinski definition) is 3. The molecule has 0 aliphatic heterocycles. The van der Waals surface area contributed by atoms with E-state index < -0.39 is 0 Å². The second-order valence-corrected chi connectivity index (χ2v) is 4.26. The number of hydrogen-bond donors (Lipinski definition) is 0. The largest absolute Gasteiger partial charge is 0.273 e. The minimum Gasteiger partial charge on any atom is -0.273 e. The Kier molecular flexibility index (Phi) is 2.96. The molecule has 2 aromatic rings. The fourth-order valence-electron chi connectivity index (χ4n) is 1.56. The molecule has 0 amide bonds. The summed E-state index contributed by atoms with van der Waals surface area (Å²) in [6.45, 7) is 3.96. The van der Waals surface area contributed by atoms with Crippen molar-refractivity contribution in [2.45, 2.75) is 25.6 Å². The maximum absolute atomic E-state index is 6.10. The van der Waals surface area contributed by atoms with Crippen LogP contribution >= 0.6 is 11.6 Å². The molecule has 0 aliphatic rings. The van der Waals surface area contributed by atoms with E-state index in [2.05, 4.69) is 15.4 Å². The van der Waals surface area contributed by atoms with Crippen molar-refractivity contribution >= 4 is 11.6 Å². The molecule has 0 aliphatic carbocycles. The Bertz CT molecular complexity index is 487. The molecule has 0 radical (unpaired) electrons. The Labute approximate surface area is 99.0 Å². The lowest BCUT2D eigenvalue weighted by Gasteiger charge is -1.98. The van der Waals surface area contributed by atoms with Crippen LogP contribution in [0.1, 0.15) is 30.1 Å². The van der Waals surface area contributed by atoms with E-state index in [4.69, 9.17) is 11.6 Å². The summed E-state index contributed by atoms with van der Waals surface area (Å²) in [5.74, 6) is 0. The van der Waals surface area contributed by atoms with Gasteiger partial charge in [-0.05, 0) is 13.3 Å². The first kappa shape index (κ1) is 11.1. The molecule has 1 unspecified atom stereocenters. The molecule has 5 nitrogen and oxygen atoms in total. The molecule has 0 bridgehead atoms. The van der Waals surface area contributed by atoms with E-state index in [0.29, 0.717) is 0 Å². The zero-order valence-corrected chi connectivity index (χ0v) is 10.3. The summed E-state index contributed by atoms with van der Waals surface area (Å²) >= 11 is 6.10. The first-order valence-electron chi connectivity index (χ1n) is 5.18. The highest BCUT2D eigenvalue weighted by molar-refractivity contribution is 6.20. The molecule has 2 heterocycles. The fourth-order valence-corrected chi connectivity index (χ4v) is 1.66. The fraction of sp³-hybridized carbons (Fsp3) is 0.500. The van der Waals surface area contributed by atoms with Gasteiger partial charge in [-0.15, -0.1) is 16.7 Å². The van der Waals surface area contributed by atoms with Crippen LogP contribution in [0.3, 0.4) is 0 Å². The summed E-state index contributed by atoms with van der Waals surface area (Å²) in [7, 11) is 1.88. The van der Waals surface area contributed by atoms with Gasteiger partial charge in [-0.25, -0.2) is 4.68 Å². The smallest absolute Gasteiger partial charge is 0.107 e. The molecule has 0 N–H and O–H groups in total. The van der Waals surface area contributed by atoms with E-state index >= 15 is 0 Å². The summed E-state index contributed by atoms with van der Waals surface area (Å²) in [6, 6.07) is 0. The third kappa shape index (κ3) is 1.95. The third-order valence-electron chi connectivity index (χ3n) is 2.42. The van der Waals surface area contributed by atoms with E-state index in [9.17, 15) is 0 Å². The van der Waals surface area contributed by atoms with Crippen molar-refractivity contribution in [3.63, 3.8) is 0 Å². The van der Waals surface area contributed by atoms with Crippen molar-refractivity contribution in [2.75, 3.05) is 0 Å². The number of halogens is 1. The monoisotopic (exact) mass is 239 g/mol. The van der Waals surface area contributed by atoms with Crippen molar-refractivity contribution in [3.05, 3.63) is 23.8 Å². The predicted octanol–water partition coefficient (Wildman–Crippen LogP) is 2.00. The second-order valence-electron chi connectivity index (χ2n) is 3.74. The number of aryl methyl sites for hydroxylation is 2. The lowest BCUT2D eigenvalue weighted by atomic mass is 10.3. The molecule has 2 rings (SSSR count). The lowest BCUT2D eigenvalue weighted by molar-refractivity contribution is 0.755. The zero-order valence-electron chi connectivity index (χ0n) is 9.55. The Morgan fingerprint density at radius 3 is 2.75 bits per heavy atom. The van der Waals surface area contributed by atoms with Crippen molar-refractivity contribution in [1.82, 2.24) is 24.8 Å². The zero-order chi connectivity index (χ0) is 11.7. The van der Waals surface area contributed by atoms with Crippen molar-refractivity contribution < 1.29 is 0 Å². The molecule has 0 aromatic carbocycles. The van der Waals surface area contributed by atoms with Gasteiger partial charge in [-0.1, -0.05) is 12.1 Å². The van der Waals surface area contributed by atoms with Gasteiger partial charge in [0.1, 0.15) is 11.4 Å².